The molecule has 0 spiro atoms. The minimum absolute atomic E-state index is 0.0398. The van der Waals surface area contributed by atoms with E-state index in [1.807, 2.05) is 19.1 Å². The van der Waals surface area contributed by atoms with E-state index in [0.717, 1.165) is 29.2 Å². The van der Waals surface area contributed by atoms with E-state index in [-0.39, 0.29) is 11.2 Å². The fourth-order valence-electron chi connectivity index (χ4n) is 4.50. The summed E-state index contributed by atoms with van der Waals surface area (Å²) in [6, 6.07) is 5.46. The number of methoxy groups -OCH3 is 2. The number of esters is 1. The van der Waals surface area contributed by atoms with E-state index >= 15 is 0 Å². The fourth-order valence-corrected chi connectivity index (χ4v) is 4.99. The molecule has 6 nitrogen and oxygen atoms in total. The summed E-state index contributed by atoms with van der Waals surface area (Å²) in [7, 11) is 3.18. The number of Topliss-reactive ketones (excluding diaryl/α,β-unsaturated/α-hetero) is 1. The topological polar surface area (TPSA) is 73.9 Å². The quantitative estimate of drug-likeness (QED) is 0.450. The summed E-state index contributed by atoms with van der Waals surface area (Å²) in [4.78, 5) is 26.7. The van der Waals surface area contributed by atoms with Crippen molar-refractivity contribution in [2.24, 2.45) is 5.41 Å². The van der Waals surface area contributed by atoms with E-state index in [0.29, 0.717) is 41.4 Å². The van der Waals surface area contributed by atoms with Crippen LogP contribution < -0.4 is 14.8 Å². The van der Waals surface area contributed by atoms with Gasteiger partial charge in [-0.05, 0) is 42.7 Å². The molecule has 1 heterocycles. The summed E-state index contributed by atoms with van der Waals surface area (Å²) in [6.07, 6.45) is 1.15. The van der Waals surface area contributed by atoms with Gasteiger partial charge >= 0.3 is 5.97 Å². The summed E-state index contributed by atoms with van der Waals surface area (Å²) in [5.74, 6) is 1.98. The maximum absolute atomic E-state index is 13.4. The predicted octanol–water partition coefficient (Wildman–Crippen LogP) is 4.60. The molecule has 0 amide bonds. The van der Waals surface area contributed by atoms with Crippen molar-refractivity contribution >= 4 is 23.5 Å². The zero-order chi connectivity index (χ0) is 23.5. The highest BCUT2D eigenvalue weighted by molar-refractivity contribution is 7.99. The molecule has 7 heteroatoms. The number of dihydropyridines is 1. The van der Waals surface area contributed by atoms with Crippen molar-refractivity contribution in [3.05, 3.63) is 46.3 Å². The van der Waals surface area contributed by atoms with Gasteiger partial charge in [0.1, 0.15) is 18.1 Å². The summed E-state index contributed by atoms with van der Waals surface area (Å²) in [5.41, 5.74) is 3.22. The smallest absolute Gasteiger partial charge is 0.336 e. The number of benzene rings is 1. The van der Waals surface area contributed by atoms with Gasteiger partial charge in [0.25, 0.3) is 0 Å². The summed E-state index contributed by atoms with van der Waals surface area (Å²) in [5, 5.41) is 3.36. The van der Waals surface area contributed by atoms with E-state index in [1.54, 1.807) is 32.0 Å². The van der Waals surface area contributed by atoms with Gasteiger partial charge in [0, 0.05) is 34.7 Å². The van der Waals surface area contributed by atoms with Gasteiger partial charge < -0.3 is 19.5 Å². The molecule has 0 bridgehead atoms. The normalized spacial score (nSPS) is 19.9. The summed E-state index contributed by atoms with van der Waals surface area (Å²) < 4.78 is 16.7. The lowest BCUT2D eigenvalue weighted by Gasteiger charge is -2.39. The Labute approximate surface area is 194 Å². The van der Waals surface area contributed by atoms with Crippen molar-refractivity contribution in [2.45, 2.75) is 46.5 Å². The number of ether oxygens (including phenoxy) is 3. The van der Waals surface area contributed by atoms with Crippen LogP contribution >= 0.6 is 11.8 Å². The number of hydrogen-bond donors (Lipinski definition) is 1. The summed E-state index contributed by atoms with van der Waals surface area (Å²) >= 11 is 1.72. The van der Waals surface area contributed by atoms with Crippen LogP contribution in [0.4, 0.5) is 0 Å². The number of hydrogen-bond acceptors (Lipinski definition) is 7. The van der Waals surface area contributed by atoms with E-state index < -0.39 is 11.9 Å². The van der Waals surface area contributed by atoms with Crippen molar-refractivity contribution in [1.82, 2.24) is 5.32 Å². The van der Waals surface area contributed by atoms with Crippen LogP contribution in [0.2, 0.25) is 0 Å². The molecule has 1 atom stereocenters. The zero-order valence-corrected chi connectivity index (χ0v) is 20.6. The first-order valence-electron chi connectivity index (χ1n) is 10.9. The van der Waals surface area contributed by atoms with Gasteiger partial charge in [0.15, 0.2) is 5.78 Å². The maximum atomic E-state index is 13.4. The molecule has 1 aromatic carbocycles. The SMILES string of the molecule is CCSCCOC(=O)C1=C(C)NC2=C(C(=O)CC(C)(C)C2)[C@@H]1c1cc(OC)ccc1OC. The van der Waals surface area contributed by atoms with Crippen molar-refractivity contribution in [1.29, 1.82) is 0 Å². The van der Waals surface area contributed by atoms with Crippen LogP contribution in [0.3, 0.4) is 0 Å². The maximum Gasteiger partial charge on any atom is 0.336 e. The van der Waals surface area contributed by atoms with Gasteiger partial charge in [-0.25, -0.2) is 4.79 Å². The number of carbonyl (C=O) groups excluding carboxylic acids is 2. The highest BCUT2D eigenvalue weighted by Crippen LogP contribution is 2.49. The highest BCUT2D eigenvalue weighted by atomic mass is 32.2. The number of nitrogens with one attached hydrogen (secondary N) is 1. The molecule has 1 aliphatic carbocycles. The molecule has 174 valence electrons. The molecule has 0 radical (unpaired) electrons. The molecule has 0 fully saturated rings. The molecule has 1 aromatic rings. The lowest BCUT2D eigenvalue weighted by atomic mass is 9.68. The predicted molar refractivity (Wildman–Crippen MR) is 127 cm³/mol. The van der Waals surface area contributed by atoms with Gasteiger partial charge in [0.2, 0.25) is 0 Å². The Hall–Kier alpha value is -2.41. The second-order valence-electron chi connectivity index (χ2n) is 8.87. The Morgan fingerprint density at radius 1 is 1.22 bits per heavy atom. The van der Waals surface area contributed by atoms with Crippen LogP contribution in [-0.4, -0.2) is 44.1 Å². The molecular weight excluding hydrogens is 426 g/mol. The molecule has 32 heavy (non-hydrogen) atoms. The molecule has 1 aliphatic heterocycles. The Morgan fingerprint density at radius 2 is 1.97 bits per heavy atom. The zero-order valence-electron chi connectivity index (χ0n) is 19.8. The van der Waals surface area contributed by atoms with Crippen LogP contribution in [0.5, 0.6) is 11.5 Å². The third kappa shape index (κ3) is 4.98. The van der Waals surface area contributed by atoms with Crippen LogP contribution in [-0.2, 0) is 14.3 Å². The van der Waals surface area contributed by atoms with Crippen molar-refractivity contribution in [2.75, 3.05) is 32.3 Å². The average molecular weight is 460 g/mol. The first kappa shape index (κ1) is 24.2. The van der Waals surface area contributed by atoms with Crippen LogP contribution in [0, 0.1) is 5.41 Å². The number of thioether (sulfide) groups is 1. The van der Waals surface area contributed by atoms with Crippen LogP contribution in [0.1, 0.15) is 52.0 Å². The van der Waals surface area contributed by atoms with E-state index in [1.165, 1.54) is 0 Å². The number of ketones is 1. The highest BCUT2D eigenvalue weighted by Gasteiger charge is 2.44. The van der Waals surface area contributed by atoms with Gasteiger partial charge in [-0.15, -0.1) is 0 Å². The molecule has 0 aromatic heterocycles. The average Bonchev–Trinajstić information content (AvgIpc) is 2.74. The Kier molecular flexibility index (Phi) is 7.59. The third-order valence-corrected chi connectivity index (χ3v) is 6.74. The van der Waals surface area contributed by atoms with E-state index in [9.17, 15) is 9.59 Å². The van der Waals surface area contributed by atoms with Crippen molar-refractivity contribution in [3.8, 4) is 11.5 Å². The van der Waals surface area contributed by atoms with Gasteiger partial charge in [-0.2, -0.15) is 11.8 Å². The van der Waals surface area contributed by atoms with E-state index in [4.69, 9.17) is 14.2 Å². The largest absolute Gasteiger partial charge is 0.497 e. The van der Waals surface area contributed by atoms with Gasteiger partial charge in [-0.1, -0.05) is 20.8 Å². The Morgan fingerprint density at radius 3 is 2.62 bits per heavy atom. The summed E-state index contributed by atoms with van der Waals surface area (Å²) in [6.45, 7) is 8.44. The molecule has 3 rings (SSSR count). The molecule has 0 saturated heterocycles. The lowest BCUT2D eigenvalue weighted by Crippen LogP contribution is -2.38. The second-order valence-corrected chi connectivity index (χ2v) is 10.3. The monoisotopic (exact) mass is 459 g/mol. The Balaban J connectivity index is 2.13. The van der Waals surface area contributed by atoms with E-state index in [2.05, 4.69) is 26.1 Å². The fraction of sp³-hybridized carbons (Fsp3) is 0.520. The Bertz CT molecular complexity index is 963. The van der Waals surface area contributed by atoms with Crippen molar-refractivity contribution < 1.29 is 23.8 Å². The van der Waals surface area contributed by atoms with Crippen LogP contribution in [0.15, 0.2) is 40.7 Å². The third-order valence-electron chi connectivity index (χ3n) is 5.87. The molecule has 0 unspecified atom stereocenters. The minimum atomic E-state index is -0.578. The number of carbonyl (C=O) groups is 2. The molecular formula is C25H33NO5S. The standard InChI is InChI=1S/C25H33NO5S/c1-7-32-11-10-31-24(28)21-15(2)26-18-13-25(3,4)14-19(27)23(18)22(21)17-12-16(29-5)8-9-20(17)30-6/h8-9,12,22,26H,7,10-11,13-14H2,1-6H3/t22-/m1/s1. The molecule has 1 N–H and O–H groups in total. The second kappa shape index (κ2) is 10.0. The van der Waals surface area contributed by atoms with Gasteiger partial charge in [-0.3, -0.25) is 4.79 Å². The van der Waals surface area contributed by atoms with Gasteiger partial charge in [0.05, 0.1) is 25.7 Å². The van der Waals surface area contributed by atoms with Crippen molar-refractivity contribution in [3.63, 3.8) is 0 Å². The lowest BCUT2D eigenvalue weighted by molar-refractivity contribution is -0.138. The molecule has 0 saturated carbocycles. The number of allylic oxidation sites excluding steroid dienone is 3. The number of rotatable bonds is 8. The molecule has 2 aliphatic rings. The first-order chi connectivity index (χ1) is 15.2. The van der Waals surface area contributed by atoms with Crippen LogP contribution in [0.25, 0.3) is 0 Å². The first-order valence-corrected chi connectivity index (χ1v) is 12.1. The minimum Gasteiger partial charge on any atom is -0.497 e.